The summed E-state index contributed by atoms with van der Waals surface area (Å²) in [5.74, 6) is 0.587. The smallest absolute Gasteiger partial charge is 0.0494 e. The molecule has 1 aliphatic rings. The van der Waals surface area contributed by atoms with Crippen molar-refractivity contribution in [1.82, 2.24) is 0 Å². The summed E-state index contributed by atoms with van der Waals surface area (Å²) < 4.78 is 0. The van der Waals surface area contributed by atoms with Crippen molar-refractivity contribution in [2.45, 2.75) is 6.42 Å². The summed E-state index contributed by atoms with van der Waals surface area (Å²) in [6, 6.07) is 0. The van der Waals surface area contributed by atoms with Crippen LogP contribution in [-0.4, -0.2) is 23.4 Å². The van der Waals surface area contributed by atoms with Crippen molar-refractivity contribution in [2.24, 2.45) is 11.8 Å². The van der Waals surface area contributed by atoms with E-state index in [-0.39, 0.29) is 57.3 Å². The van der Waals surface area contributed by atoms with Crippen molar-refractivity contribution in [3.8, 4) is 0 Å². The molecule has 2 N–H and O–H groups in total. The van der Waals surface area contributed by atoms with Crippen LogP contribution >= 0.6 is 0 Å². The molecule has 10 heavy (non-hydrogen) atoms. The van der Waals surface area contributed by atoms with Gasteiger partial charge in [0.1, 0.15) is 0 Å². The van der Waals surface area contributed by atoms with Gasteiger partial charge in [-0.1, -0.05) is 12.2 Å². The first kappa shape index (κ1) is 11.1. The van der Waals surface area contributed by atoms with E-state index in [0.717, 1.165) is 6.42 Å². The summed E-state index contributed by atoms with van der Waals surface area (Å²) in [5.41, 5.74) is 0. The first-order valence-corrected chi connectivity index (χ1v) is 3.27. The van der Waals surface area contributed by atoms with Crippen molar-refractivity contribution < 1.29 is 54.3 Å². The zero-order chi connectivity index (χ0) is 6.69. The van der Waals surface area contributed by atoms with Crippen LogP contribution < -0.4 is 0 Å². The molecule has 55 valence electrons. The van der Waals surface area contributed by atoms with Gasteiger partial charge in [0.15, 0.2) is 0 Å². The largest absolute Gasteiger partial charge is 0.396 e. The van der Waals surface area contributed by atoms with Crippen LogP contribution in [0.2, 0.25) is 0 Å². The zero-order valence-electron chi connectivity index (χ0n) is 5.90. The SMILES string of the molecule is OC[C@H]1C=C[C@@H](CO)C1.[Ac]. The van der Waals surface area contributed by atoms with Gasteiger partial charge < -0.3 is 10.2 Å². The van der Waals surface area contributed by atoms with Crippen molar-refractivity contribution in [1.29, 1.82) is 0 Å². The molecule has 0 aliphatic heterocycles. The van der Waals surface area contributed by atoms with Crippen molar-refractivity contribution in [3.63, 3.8) is 0 Å². The van der Waals surface area contributed by atoms with Crippen LogP contribution in [0.3, 0.4) is 0 Å². The molecular formula is C7H12AcO2. The molecule has 2 nitrogen and oxygen atoms in total. The third-order valence-corrected chi connectivity index (χ3v) is 1.73. The molecule has 0 bridgehead atoms. The van der Waals surface area contributed by atoms with Gasteiger partial charge in [0.25, 0.3) is 0 Å². The van der Waals surface area contributed by atoms with Gasteiger partial charge in [-0.25, -0.2) is 0 Å². The molecule has 0 saturated heterocycles. The Labute approximate surface area is 96.9 Å². The number of hydrogen-bond acceptors (Lipinski definition) is 2. The summed E-state index contributed by atoms with van der Waals surface area (Å²) in [4.78, 5) is 0. The normalized spacial score (nSPS) is 30.2. The fourth-order valence-electron chi connectivity index (χ4n) is 1.13. The average Bonchev–Trinajstić information content (AvgIpc) is 2.34. The second-order valence-corrected chi connectivity index (χ2v) is 2.51. The molecule has 0 fully saturated rings. The fourth-order valence-corrected chi connectivity index (χ4v) is 1.13. The number of aliphatic hydroxyl groups is 2. The Kier molecular flexibility index (Phi) is 6.34. The van der Waals surface area contributed by atoms with Gasteiger partial charge in [0.2, 0.25) is 0 Å². The third-order valence-electron chi connectivity index (χ3n) is 1.73. The van der Waals surface area contributed by atoms with Gasteiger partial charge in [-0.3, -0.25) is 0 Å². The van der Waals surface area contributed by atoms with E-state index in [4.69, 9.17) is 10.2 Å². The van der Waals surface area contributed by atoms with Crippen LogP contribution in [0.4, 0.5) is 0 Å². The van der Waals surface area contributed by atoms with Gasteiger partial charge in [-0.2, -0.15) is 0 Å². The molecule has 0 heterocycles. The predicted molar refractivity (Wildman–Crippen MR) is 34.9 cm³/mol. The molecule has 0 spiro atoms. The molecule has 0 saturated carbocycles. The van der Waals surface area contributed by atoms with E-state index < -0.39 is 0 Å². The summed E-state index contributed by atoms with van der Waals surface area (Å²) >= 11 is 0. The maximum absolute atomic E-state index is 8.65. The van der Waals surface area contributed by atoms with Gasteiger partial charge in [0.05, 0.1) is 0 Å². The maximum atomic E-state index is 8.65. The summed E-state index contributed by atoms with van der Waals surface area (Å²) in [7, 11) is 0. The van der Waals surface area contributed by atoms with Crippen molar-refractivity contribution in [2.75, 3.05) is 13.2 Å². The second kappa shape index (κ2) is 5.71. The summed E-state index contributed by atoms with van der Waals surface area (Å²) in [5, 5.41) is 17.3. The van der Waals surface area contributed by atoms with Crippen LogP contribution in [0.5, 0.6) is 0 Å². The molecular weight excluding hydrogens is 343 g/mol. The number of aliphatic hydroxyl groups excluding tert-OH is 2. The van der Waals surface area contributed by atoms with E-state index in [1.807, 2.05) is 12.2 Å². The minimum Gasteiger partial charge on any atom is -0.396 e. The summed E-state index contributed by atoms with van der Waals surface area (Å²) in [6.45, 7) is 0.431. The Hall–Kier alpha value is 1.10. The van der Waals surface area contributed by atoms with Crippen LogP contribution in [0.25, 0.3) is 0 Å². The molecule has 0 aromatic carbocycles. The van der Waals surface area contributed by atoms with E-state index >= 15 is 0 Å². The fraction of sp³-hybridized carbons (Fsp3) is 0.714. The van der Waals surface area contributed by atoms with Crippen molar-refractivity contribution in [3.05, 3.63) is 12.2 Å². The molecule has 2 atom stereocenters. The summed E-state index contributed by atoms with van der Waals surface area (Å²) in [6.07, 6.45) is 4.86. The van der Waals surface area contributed by atoms with Crippen LogP contribution in [0, 0.1) is 55.9 Å². The standard InChI is InChI=1S/C7H12O2.Ac/c8-4-6-1-2-7(3-6)5-9;/h1-2,6-9H,3-5H2;/t6-,7+;. The molecule has 1 rings (SSSR count). The monoisotopic (exact) mass is 355 g/mol. The number of hydrogen-bond donors (Lipinski definition) is 2. The van der Waals surface area contributed by atoms with Gasteiger partial charge in [0, 0.05) is 69.1 Å². The van der Waals surface area contributed by atoms with Crippen LogP contribution in [-0.2, 0) is 0 Å². The predicted octanol–water partition coefficient (Wildman–Crippen LogP) is 0.163. The second-order valence-electron chi connectivity index (χ2n) is 2.51. The van der Waals surface area contributed by atoms with Gasteiger partial charge >= 0.3 is 0 Å². The zero-order valence-corrected chi connectivity index (χ0v) is 10.6. The Morgan fingerprint density at radius 1 is 1.10 bits per heavy atom. The topological polar surface area (TPSA) is 40.5 Å². The van der Waals surface area contributed by atoms with Crippen LogP contribution in [0.15, 0.2) is 12.2 Å². The van der Waals surface area contributed by atoms with E-state index in [9.17, 15) is 0 Å². The molecule has 0 amide bonds. The Morgan fingerprint density at radius 2 is 1.50 bits per heavy atom. The van der Waals surface area contributed by atoms with E-state index in [1.54, 1.807) is 0 Å². The minimum absolute atomic E-state index is 0. The van der Waals surface area contributed by atoms with Gasteiger partial charge in [-0.15, -0.1) is 0 Å². The Bertz CT molecular complexity index is 102. The molecule has 1 radical (unpaired) electrons. The maximum Gasteiger partial charge on any atom is 0.0494 e. The van der Waals surface area contributed by atoms with Crippen molar-refractivity contribution >= 4 is 0 Å². The average molecular weight is 355 g/mol. The van der Waals surface area contributed by atoms with E-state index in [1.165, 1.54) is 0 Å². The molecule has 3 heteroatoms. The molecule has 0 unspecified atom stereocenters. The minimum atomic E-state index is 0. The first-order valence-electron chi connectivity index (χ1n) is 3.27. The van der Waals surface area contributed by atoms with Gasteiger partial charge in [-0.05, 0) is 6.42 Å². The molecule has 0 aromatic rings. The van der Waals surface area contributed by atoms with E-state index in [2.05, 4.69) is 0 Å². The Balaban J connectivity index is 0.000000810. The molecule has 0 aromatic heterocycles. The molecule has 1 aliphatic carbocycles. The first-order chi connectivity index (χ1) is 4.36. The quantitative estimate of drug-likeness (QED) is 0.694. The van der Waals surface area contributed by atoms with E-state index in [0.29, 0.717) is 11.8 Å². The Morgan fingerprint density at radius 3 is 1.70 bits per heavy atom. The van der Waals surface area contributed by atoms with Crippen LogP contribution in [0.1, 0.15) is 6.42 Å². The number of rotatable bonds is 2. The third kappa shape index (κ3) is 3.00.